The van der Waals surface area contributed by atoms with Crippen molar-refractivity contribution in [1.29, 1.82) is 0 Å². The lowest BCUT2D eigenvalue weighted by atomic mass is 10.0. The standard InChI is InChI=1S/C28H23N3O6S/c1-37-25-15-9-23(10-16-25)30-38(35,36)26-17-11-22(12-18-26)29-28(32)27(21-5-3-2-4-6-21)19-20-7-13-24(14-8-20)31(33)34/h2-19,30H,1H3,(H,29,32)/b27-19+. The van der Waals surface area contributed by atoms with Gasteiger partial charge in [0.2, 0.25) is 0 Å². The maximum absolute atomic E-state index is 13.2. The number of amides is 1. The first-order valence-corrected chi connectivity index (χ1v) is 12.8. The molecule has 38 heavy (non-hydrogen) atoms. The number of sulfonamides is 1. The molecule has 0 saturated heterocycles. The van der Waals surface area contributed by atoms with Crippen LogP contribution in [0.15, 0.2) is 108 Å². The topological polar surface area (TPSA) is 128 Å². The van der Waals surface area contributed by atoms with Crippen LogP contribution in [0.2, 0.25) is 0 Å². The van der Waals surface area contributed by atoms with Gasteiger partial charge in [0.1, 0.15) is 5.75 Å². The van der Waals surface area contributed by atoms with Crippen LogP contribution in [0.4, 0.5) is 17.1 Å². The highest BCUT2D eigenvalue weighted by Gasteiger charge is 2.16. The summed E-state index contributed by atoms with van der Waals surface area (Å²) in [5.41, 5.74) is 2.31. The van der Waals surface area contributed by atoms with Gasteiger partial charge in [0.05, 0.1) is 16.9 Å². The number of non-ortho nitro benzene ring substituents is 1. The van der Waals surface area contributed by atoms with Gasteiger partial charge in [0, 0.05) is 29.1 Å². The summed E-state index contributed by atoms with van der Waals surface area (Å²) in [6.45, 7) is 0. The van der Waals surface area contributed by atoms with Crippen molar-refractivity contribution in [1.82, 2.24) is 0 Å². The highest BCUT2D eigenvalue weighted by Crippen LogP contribution is 2.24. The molecule has 0 spiro atoms. The predicted molar refractivity (Wildman–Crippen MR) is 146 cm³/mol. The number of nitro benzene ring substituents is 1. The molecule has 4 aromatic carbocycles. The van der Waals surface area contributed by atoms with E-state index < -0.39 is 20.9 Å². The molecule has 0 atom stereocenters. The van der Waals surface area contributed by atoms with Crippen molar-refractivity contribution >= 4 is 44.6 Å². The van der Waals surface area contributed by atoms with Crippen LogP contribution in [-0.4, -0.2) is 26.4 Å². The van der Waals surface area contributed by atoms with Gasteiger partial charge in [0.25, 0.3) is 21.6 Å². The van der Waals surface area contributed by atoms with Crippen molar-refractivity contribution in [2.24, 2.45) is 0 Å². The molecule has 0 aliphatic rings. The van der Waals surface area contributed by atoms with E-state index >= 15 is 0 Å². The first-order chi connectivity index (χ1) is 18.2. The summed E-state index contributed by atoms with van der Waals surface area (Å²) >= 11 is 0. The number of benzene rings is 4. The van der Waals surface area contributed by atoms with Gasteiger partial charge in [-0.05, 0) is 77.9 Å². The van der Waals surface area contributed by atoms with Crippen LogP contribution in [-0.2, 0) is 14.8 Å². The van der Waals surface area contributed by atoms with E-state index in [1.807, 2.05) is 6.07 Å². The number of nitro groups is 1. The molecule has 4 aromatic rings. The first kappa shape index (κ1) is 26.1. The maximum atomic E-state index is 13.2. The van der Waals surface area contributed by atoms with E-state index in [2.05, 4.69) is 10.0 Å². The summed E-state index contributed by atoms with van der Waals surface area (Å²) in [6.07, 6.45) is 1.63. The van der Waals surface area contributed by atoms with E-state index in [0.717, 1.165) is 0 Å². The number of carbonyl (C=O) groups excluding carboxylic acids is 1. The van der Waals surface area contributed by atoms with Gasteiger partial charge in [-0.1, -0.05) is 30.3 Å². The first-order valence-electron chi connectivity index (χ1n) is 11.3. The van der Waals surface area contributed by atoms with Crippen LogP contribution in [0, 0.1) is 10.1 Å². The number of hydrogen-bond acceptors (Lipinski definition) is 6. The normalized spacial score (nSPS) is 11.4. The van der Waals surface area contributed by atoms with Crippen LogP contribution in [0.3, 0.4) is 0 Å². The summed E-state index contributed by atoms with van der Waals surface area (Å²) in [5.74, 6) is 0.173. The molecule has 2 N–H and O–H groups in total. The predicted octanol–water partition coefficient (Wildman–Crippen LogP) is 5.58. The molecule has 0 bridgehead atoms. The molecule has 0 aliphatic carbocycles. The fraction of sp³-hybridized carbons (Fsp3) is 0.0357. The van der Waals surface area contributed by atoms with Crippen molar-refractivity contribution < 1.29 is 22.9 Å². The average Bonchev–Trinajstić information content (AvgIpc) is 2.93. The zero-order valence-electron chi connectivity index (χ0n) is 20.2. The van der Waals surface area contributed by atoms with E-state index in [9.17, 15) is 23.3 Å². The van der Waals surface area contributed by atoms with Crippen molar-refractivity contribution in [3.63, 3.8) is 0 Å². The molecule has 0 heterocycles. The number of anilines is 2. The second kappa shape index (κ2) is 11.4. The smallest absolute Gasteiger partial charge is 0.269 e. The molecule has 9 nitrogen and oxygen atoms in total. The molecule has 0 unspecified atom stereocenters. The zero-order valence-corrected chi connectivity index (χ0v) is 21.0. The molecule has 10 heteroatoms. The van der Waals surface area contributed by atoms with Gasteiger partial charge in [-0.25, -0.2) is 8.42 Å². The quantitative estimate of drug-likeness (QED) is 0.126. The molecule has 0 radical (unpaired) electrons. The lowest BCUT2D eigenvalue weighted by Gasteiger charge is -2.12. The largest absolute Gasteiger partial charge is 0.497 e. The summed E-state index contributed by atoms with van der Waals surface area (Å²) in [7, 11) is -2.33. The Morgan fingerprint density at radius 1 is 0.842 bits per heavy atom. The fourth-order valence-corrected chi connectivity index (χ4v) is 4.60. The Hall–Kier alpha value is -4.96. The zero-order chi connectivity index (χ0) is 27.1. The molecule has 4 rings (SSSR count). The summed E-state index contributed by atoms with van der Waals surface area (Å²) in [4.78, 5) is 23.7. The van der Waals surface area contributed by atoms with Crippen molar-refractivity contribution in [2.45, 2.75) is 4.90 Å². The minimum Gasteiger partial charge on any atom is -0.497 e. The van der Waals surface area contributed by atoms with Gasteiger partial charge in [-0.3, -0.25) is 19.6 Å². The highest BCUT2D eigenvalue weighted by atomic mass is 32.2. The number of nitrogens with one attached hydrogen (secondary N) is 2. The minimum absolute atomic E-state index is 0.0241. The number of hydrogen-bond donors (Lipinski definition) is 2. The summed E-state index contributed by atoms with van der Waals surface area (Å²) in [6, 6.07) is 27.1. The Labute approximate surface area is 219 Å². The molecule has 0 aliphatic heterocycles. The Bertz CT molecular complexity index is 1570. The van der Waals surface area contributed by atoms with Crippen LogP contribution < -0.4 is 14.8 Å². The van der Waals surface area contributed by atoms with Crippen LogP contribution in [0.5, 0.6) is 5.75 Å². The Morgan fingerprint density at radius 2 is 1.45 bits per heavy atom. The van der Waals surface area contributed by atoms with Crippen LogP contribution >= 0.6 is 0 Å². The van der Waals surface area contributed by atoms with E-state index in [1.165, 1.54) is 43.5 Å². The van der Waals surface area contributed by atoms with Crippen molar-refractivity contribution in [2.75, 3.05) is 17.1 Å². The Kier molecular flexibility index (Phi) is 7.83. The monoisotopic (exact) mass is 529 g/mol. The van der Waals surface area contributed by atoms with E-state index in [4.69, 9.17) is 4.74 Å². The number of rotatable bonds is 9. The summed E-state index contributed by atoms with van der Waals surface area (Å²) < 4.78 is 33.1. The van der Waals surface area contributed by atoms with Gasteiger partial charge < -0.3 is 10.1 Å². The minimum atomic E-state index is -3.85. The van der Waals surface area contributed by atoms with Crippen molar-refractivity contribution in [3.8, 4) is 5.75 Å². The Morgan fingerprint density at radius 3 is 2.03 bits per heavy atom. The Balaban J connectivity index is 1.53. The van der Waals surface area contributed by atoms with Gasteiger partial charge in [-0.2, -0.15) is 0 Å². The van der Waals surface area contributed by atoms with E-state index in [0.29, 0.717) is 33.8 Å². The highest BCUT2D eigenvalue weighted by molar-refractivity contribution is 7.92. The molecule has 0 aromatic heterocycles. The van der Waals surface area contributed by atoms with Gasteiger partial charge in [-0.15, -0.1) is 0 Å². The SMILES string of the molecule is COc1ccc(NS(=O)(=O)c2ccc(NC(=O)/C(=C/c3ccc([N+](=O)[O-])cc3)c3ccccc3)cc2)cc1. The van der Waals surface area contributed by atoms with Crippen LogP contribution in [0.25, 0.3) is 11.6 Å². The second-order valence-corrected chi connectivity index (χ2v) is 9.77. The third-order valence-corrected chi connectivity index (χ3v) is 6.91. The lowest BCUT2D eigenvalue weighted by molar-refractivity contribution is -0.384. The van der Waals surface area contributed by atoms with Gasteiger partial charge >= 0.3 is 0 Å². The number of carbonyl (C=O) groups is 1. The second-order valence-electron chi connectivity index (χ2n) is 8.09. The summed E-state index contributed by atoms with van der Waals surface area (Å²) in [5, 5.41) is 13.7. The molecule has 0 fully saturated rings. The molecule has 1 amide bonds. The van der Waals surface area contributed by atoms with Crippen LogP contribution in [0.1, 0.15) is 11.1 Å². The van der Waals surface area contributed by atoms with E-state index in [-0.39, 0.29) is 10.6 Å². The van der Waals surface area contributed by atoms with E-state index in [1.54, 1.807) is 66.7 Å². The number of methoxy groups -OCH3 is 1. The fourth-order valence-electron chi connectivity index (χ4n) is 3.55. The van der Waals surface area contributed by atoms with Crippen molar-refractivity contribution in [3.05, 3.63) is 124 Å². The van der Waals surface area contributed by atoms with Gasteiger partial charge in [0.15, 0.2) is 0 Å². The molecular weight excluding hydrogens is 506 g/mol. The molecular formula is C28H23N3O6S. The third kappa shape index (κ3) is 6.42. The molecule has 0 saturated carbocycles. The number of nitrogens with zero attached hydrogens (tertiary/aromatic N) is 1. The maximum Gasteiger partial charge on any atom is 0.269 e. The lowest BCUT2D eigenvalue weighted by Crippen LogP contribution is -2.15. The third-order valence-electron chi connectivity index (χ3n) is 5.51. The average molecular weight is 530 g/mol. The number of ether oxygens (including phenoxy) is 1. The molecule has 192 valence electrons.